The molecule has 1 aliphatic heterocycles. The molecule has 0 radical (unpaired) electrons. The number of ether oxygens (including phenoxy) is 1. The number of benzene rings is 3. The highest BCUT2D eigenvalue weighted by molar-refractivity contribution is 7.99. The molecule has 0 amide bonds. The summed E-state index contributed by atoms with van der Waals surface area (Å²) in [5.41, 5.74) is 2.13. The van der Waals surface area contributed by atoms with E-state index < -0.39 is 36.5 Å². The summed E-state index contributed by atoms with van der Waals surface area (Å²) in [6, 6.07) is 22.1. The minimum Gasteiger partial charge on any atom is -0.394 e. The summed E-state index contributed by atoms with van der Waals surface area (Å²) >= 11 is 1.23. The van der Waals surface area contributed by atoms with Crippen molar-refractivity contribution in [1.29, 1.82) is 0 Å². The van der Waals surface area contributed by atoms with Crippen LogP contribution in [0.2, 0.25) is 0 Å². The average Bonchev–Trinajstić information content (AvgIpc) is 2.79. The number of hydrogen-bond donors (Lipinski definition) is 4. The second-order valence-corrected chi connectivity index (χ2v) is 8.55. The molecule has 1 aliphatic rings. The summed E-state index contributed by atoms with van der Waals surface area (Å²) < 4.78 is 5.56. The monoisotopic (exact) mass is 424 g/mol. The van der Waals surface area contributed by atoms with Crippen molar-refractivity contribution in [2.24, 2.45) is 0 Å². The van der Waals surface area contributed by atoms with Gasteiger partial charge in [-0.15, -0.1) is 0 Å². The Hall–Kier alpha value is -2.19. The van der Waals surface area contributed by atoms with Gasteiger partial charge >= 0.3 is 0 Å². The van der Waals surface area contributed by atoms with Crippen LogP contribution >= 0.6 is 11.8 Å². The highest BCUT2D eigenvalue weighted by Crippen LogP contribution is 2.34. The molecule has 1 saturated heterocycles. The molecule has 6 heteroatoms. The lowest BCUT2D eigenvalue weighted by atomic mass is 9.97. The summed E-state index contributed by atoms with van der Waals surface area (Å²) in [5.74, 6) is 0. The molecular weight excluding hydrogens is 400 g/mol. The molecule has 0 bridgehead atoms. The molecule has 3 aromatic rings. The maximum Gasteiger partial charge on any atom is 0.136 e. The lowest BCUT2D eigenvalue weighted by Crippen LogP contribution is -2.57. The van der Waals surface area contributed by atoms with Gasteiger partial charge in [-0.2, -0.15) is 0 Å². The Balaban J connectivity index is 1.49. The third kappa shape index (κ3) is 4.16. The molecule has 30 heavy (non-hydrogen) atoms. The zero-order valence-corrected chi connectivity index (χ0v) is 17.1. The summed E-state index contributed by atoms with van der Waals surface area (Å²) in [6.07, 6.45) is -4.90. The standard InChI is InChI=1S/C24H24O5S/c1-14(17-7-6-16-4-2-3-5-18(16)12-17)15-8-10-19(11-9-15)30-24-23(28)22(27)21(26)20(13-25)29-24/h2-12,20-28H,1,13H2/t20-,21+,22+,23-,24+/m1/s1. The predicted octanol–water partition coefficient (Wildman–Crippen LogP) is 2.79. The molecule has 4 N–H and O–H groups in total. The van der Waals surface area contributed by atoms with E-state index in [1.807, 2.05) is 36.4 Å². The van der Waals surface area contributed by atoms with Crippen LogP contribution in [0.3, 0.4) is 0 Å². The Morgan fingerprint density at radius 3 is 2.20 bits per heavy atom. The van der Waals surface area contributed by atoms with Crippen molar-refractivity contribution in [1.82, 2.24) is 0 Å². The second-order valence-electron chi connectivity index (χ2n) is 7.38. The Labute approximate surface area is 179 Å². The van der Waals surface area contributed by atoms with Crippen LogP contribution in [-0.2, 0) is 4.74 Å². The van der Waals surface area contributed by atoms with Gasteiger partial charge in [-0.1, -0.05) is 66.9 Å². The molecular formula is C24H24O5S. The van der Waals surface area contributed by atoms with Crippen LogP contribution in [0.5, 0.6) is 0 Å². The van der Waals surface area contributed by atoms with Crippen molar-refractivity contribution in [3.8, 4) is 0 Å². The fraction of sp³-hybridized carbons (Fsp3) is 0.250. The Morgan fingerprint density at radius 2 is 1.50 bits per heavy atom. The highest BCUT2D eigenvalue weighted by Gasteiger charge is 2.43. The fourth-order valence-corrected chi connectivity index (χ4v) is 4.64. The molecule has 0 aliphatic carbocycles. The van der Waals surface area contributed by atoms with E-state index in [2.05, 4.69) is 36.9 Å². The normalized spacial score (nSPS) is 26.6. The summed E-state index contributed by atoms with van der Waals surface area (Å²) in [7, 11) is 0. The van der Waals surface area contributed by atoms with E-state index in [0.29, 0.717) is 0 Å². The van der Waals surface area contributed by atoms with E-state index in [1.54, 1.807) is 0 Å². The van der Waals surface area contributed by atoms with E-state index in [0.717, 1.165) is 27.0 Å². The first-order chi connectivity index (χ1) is 14.5. The summed E-state index contributed by atoms with van der Waals surface area (Å²) in [6.45, 7) is 3.80. The molecule has 156 valence electrons. The van der Waals surface area contributed by atoms with Gasteiger partial charge in [0.1, 0.15) is 29.9 Å². The molecule has 1 fully saturated rings. The smallest absolute Gasteiger partial charge is 0.136 e. The summed E-state index contributed by atoms with van der Waals surface area (Å²) in [4.78, 5) is 0.828. The van der Waals surface area contributed by atoms with Crippen molar-refractivity contribution >= 4 is 28.1 Å². The molecule has 0 unspecified atom stereocenters. The molecule has 4 rings (SSSR count). The van der Waals surface area contributed by atoms with Gasteiger partial charge in [-0.25, -0.2) is 0 Å². The molecule has 0 aromatic heterocycles. The van der Waals surface area contributed by atoms with Crippen molar-refractivity contribution in [3.63, 3.8) is 0 Å². The van der Waals surface area contributed by atoms with Gasteiger partial charge in [0.05, 0.1) is 6.61 Å². The summed E-state index contributed by atoms with van der Waals surface area (Å²) in [5, 5.41) is 41.7. The number of aliphatic hydroxyl groups is 4. The van der Waals surface area contributed by atoms with E-state index in [-0.39, 0.29) is 0 Å². The predicted molar refractivity (Wildman–Crippen MR) is 118 cm³/mol. The van der Waals surface area contributed by atoms with Crippen molar-refractivity contribution in [3.05, 3.63) is 84.4 Å². The van der Waals surface area contributed by atoms with Gasteiger partial charge in [0.25, 0.3) is 0 Å². The largest absolute Gasteiger partial charge is 0.394 e. The quantitative estimate of drug-likeness (QED) is 0.504. The SMILES string of the molecule is C=C(c1ccc(S[C@@H]2O[C@H](CO)[C@H](O)[C@H](O)[C@H]2O)cc1)c1ccc2ccccc2c1. The van der Waals surface area contributed by atoms with E-state index >= 15 is 0 Å². The highest BCUT2D eigenvalue weighted by atomic mass is 32.2. The number of thioether (sulfide) groups is 1. The third-order valence-electron chi connectivity index (χ3n) is 5.40. The lowest BCUT2D eigenvalue weighted by molar-refractivity contribution is -0.205. The number of hydrogen-bond acceptors (Lipinski definition) is 6. The van der Waals surface area contributed by atoms with Crippen LogP contribution in [0.1, 0.15) is 11.1 Å². The zero-order valence-electron chi connectivity index (χ0n) is 16.3. The van der Waals surface area contributed by atoms with E-state index in [9.17, 15) is 20.4 Å². The minimum atomic E-state index is -1.37. The third-order valence-corrected chi connectivity index (χ3v) is 6.57. The molecule has 5 atom stereocenters. The molecule has 1 heterocycles. The second kappa shape index (κ2) is 8.89. The zero-order chi connectivity index (χ0) is 21.3. The Kier molecular flexibility index (Phi) is 6.24. The molecule has 5 nitrogen and oxygen atoms in total. The van der Waals surface area contributed by atoms with Crippen molar-refractivity contribution < 1.29 is 25.2 Å². The van der Waals surface area contributed by atoms with Gasteiger partial charge in [0.15, 0.2) is 0 Å². The van der Waals surface area contributed by atoms with Crippen molar-refractivity contribution in [2.75, 3.05) is 6.61 Å². The van der Waals surface area contributed by atoms with Gasteiger partial charge in [-0.05, 0) is 45.7 Å². The van der Waals surface area contributed by atoms with Gasteiger partial charge in [0, 0.05) is 4.90 Å². The van der Waals surface area contributed by atoms with Crippen LogP contribution in [0.15, 0.2) is 78.2 Å². The maximum atomic E-state index is 10.2. The van der Waals surface area contributed by atoms with Crippen LogP contribution < -0.4 is 0 Å². The van der Waals surface area contributed by atoms with Crippen LogP contribution in [0.4, 0.5) is 0 Å². The first kappa shape index (κ1) is 21.1. The van der Waals surface area contributed by atoms with Crippen LogP contribution in [0.25, 0.3) is 16.3 Å². The fourth-order valence-electron chi connectivity index (χ4n) is 3.58. The Morgan fingerprint density at radius 1 is 0.833 bits per heavy atom. The average molecular weight is 425 g/mol. The number of rotatable bonds is 5. The van der Waals surface area contributed by atoms with Gasteiger partial charge < -0.3 is 25.2 Å². The van der Waals surface area contributed by atoms with E-state index in [1.165, 1.54) is 17.1 Å². The topological polar surface area (TPSA) is 90.2 Å². The van der Waals surface area contributed by atoms with Crippen molar-refractivity contribution in [2.45, 2.75) is 34.7 Å². The first-order valence-electron chi connectivity index (χ1n) is 9.73. The number of aliphatic hydroxyl groups excluding tert-OH is 4. The molecule has 0 saturated carbocycles. The van der Waals surface area contributed by atoms with Crippen LogP contribution in [0, 0.1) is 0 Å². The van der Waals surface area contributed by atoms with Gasteiger partial charge in [-0.3, -0.25) is 0 Å². The van der Waals surface area contributed by atoms with E-state index in [4.69, 9.17) is 4.74 Å². The minimum absolute atomic E-state index is 0.438. The molecule has 3 aromatic carbocycles. The number of fused-ring (bicyclic) bond motifs is 1. The van der Waals surface area contributed by atoms with Gasteiger partial charge in [0.2, 0.25) is 0 Å². The molecule has 0 spiro atoms. The maximum absolute atomic E-state index is 10.2. The Bertz CT molecular complexity index is 1030. The lowest BCUT2D eigenvalue weighted by Gasteiger charge is -2.39. The first-order valence-corrected chi connectivity index (χ1v) is 10.6. The van der Waals surface area contributed by atoms with Crippen LogP contribution in [-0.4, -0.2) is 56.9 Å².